The third kappa shape index (κ3) is 4.65. The van der Waals surface area contributed by atoms with E-state index in [-0.39, 0.29) is 0 Å². The monoisotopic (exact) mass is 400 g/mol. The van der Waals surface area contributed by atoms with Crippen LogP contribution in [0, 0.1) is 20.8 Å². The molecule has 30 heavy (non-hydrogen) atoms. The number of aromatic nitrogens is 2. The summed E-state index contributed by atoms with van der Waals surface area (Å²) in [5.41, 5.74) is 5.69. The van der Waals surface area contributed by atoms with Gasteiger partial charge in [-0.25, -0.2) is 4.98 Å². The van der Waals surface area contributed by atoms with Gasteiger partial charge >= 0.3 is 0 Å². The van der Waals surface area contributed by atoms with Gasteiger partial charge in [-0.1, -0.05) is 42.0 Å². The molecule has 0 aliphatic heterocycles. The topological polar surface area (TPSA) is 36.3 Å². The summed E-state index contributed by atoms with van der Waals surface area (Å²) in [6.07, 6.45) is 0.894. The van der Waals surface area contributed by atoms with E-state index in [1.807, 2.05) is 18.2 Å². The molecule has 4 heteroatoms. The lowest BCUT2D eigenvalue weighted by Gasteiger charge is -2.13. The van der Waals surface area contributed by atoms with Crippen molar-refractivity contribution in [1.82, 2.24) is 9.55 Å². The minimum Gasteiger partial charge on any atom is -0.494 e. The molecule has 0 aliphatic carbocycles. The van der Waals surface area contributed by atoms with Crippen LogP contribution in [0.15, 0.2) is 66.7 Å². The van der Waals surface area contributed by atoms with Crippen LogP contribution in [0.25, 0.3) is 11.0 Å². The Balaban J connectivity index is 1.46. The molecule has 0 bridgehead atoms. The van der Waals surface area contributed by atoms with Gasteiger partial charge in [-0.05, 0) is 68.7 Å². The standard InChI is InChI=1S/C26H28N2O2/c1-19-10-13-22(14-11-19)29-16-6-15-28-24-8-5-4-7-23(24)27-26(28)18-30-25-17-20(2)9-12-21(25)3/h4-5,7-14,17H,6,15-16,18H2,1-3H3. The van der Waals surface area contributed by atoms with Crippen LogP contribution in [0.4, 0.5) is 0 Å². The largest absolute Gasteiger partial charge is 0.494 e. The molecule has 4 aromatic rings. The first-order valence-corrected chi connectivity index (χ1v) is 10.4. The van der Waals surface area contributed by atoms with E-state index in [4.69, 9.17) is 14.5 Å². The number of fused-ring (bicyclic) bond motifs is 1. The quantitative estimate of drug-likeness (QED) is 0.340. The van der Waals surface area contributed by atoms with Gasteiger partial charge in [0, 0.05) is 6.54 Å². The van der Waals surface area contributed by atoms with Gasteiger partial charge in [0.2, 0.25) is 0 Å². The average molecular weight is 401 g/mol. The van der Waals surface area contributed by atoms with Gasteiger partial charge in [-0.15, -0.1) is 0 Å². The number of nitrogens with zero attached hydrogens (tertiary/aromatic N) is 2. The van der Waals surface area contributed by atoms with Crippen LogP contribution in [0.3, 0.4) is 0 Å². The van der Waals surface area contributed by atoms with Crippen LogP contribution >= 0.6 is 0 Å². The van der Waals surface area contributed by atoms with Gasteiger partial charge in [0.15, 0.2) is 0 Å². The molecule has 4 nitrogen and oxygen atoms in total. The molecule has 0 spiro atoms. The molecule has 154 valence electrons. The Morgan fingerprint density at radius 1 is 0.833 bits per heavy atom. The van der Waals surface area contributed by atoms with Crippen molar-refractivity contribution in [3.8, 4) is 11.5 Å². The maximum absolute atomic E-state index is 6.15. The lowest BCUT2D eigenvalue weighted by atomic mass is 10.1. The number of imidazole rings is 1. The molecule has 0 fully saturated rings. The van der Waals surface area contributed by atoms with Gasteiger partial charge in [-0.3, -0.25) is 0 Å². The van der Waals surface area contributed by atoms with Crippen LogP contribution in [0.5, 0.6) is 11.5 Å². The Labute approximate surface area is 178 Å². The molecule has 3 aromatic carbocycles. The van der Waals surface area contributed by atoms with Crippen molar-refractivity contribution in [3.63, 3.8) is 0 Å². The molecule has 0 aliphatic rings. The highest BCUT2D eigenvalue weighted by atomic mass is 16.5. The molecule has 0 radical (unpaired) electrons. The van der Waals surface area contributed by atoms with Gasteiger partial charge in [-0.2, -0.15) is 0 Å². The molecule has 0 saturated carbocycles. The van der Waals surface area contributed by atoms with Gasteiger partial charge in [0.05, 0.1) is 17.6 Å². The summed E-state index contributed by atoms with van der Waals surface area (Å²) in [4.78, 5) is 4.82. The van der Waals surface area contributed by atoms with Crippen LogP contribution in [-0.4, -0.2) is 16.2 Å². The highest BCUT2D eigenvalue weighted by Gasteiger charge is 2.12. The van der Waals surface area contributed by atoms with E-state index in [0.29, 0.717) is 13.2 Å². The molecule has 0 atom stereocenters. The molecule has 0 amide bonds. The van der Waals surface area contributed by atoms with Crippen molar-refractivity contribution in [3.05, 3.63) is 89.2 Å². The van der Waals surface area contributed by atoms with E-state index in [9.17, 15) is 0 Å². The molecule has 0 saturated heterocycles. The summed E-state index contributed by atoms with van der Waals surface area (Å²) in [5.74, 6) is 2.76. The molecule has 0 unspecified atom stereocenters. The third-order valence-electron chi connectivity index (χ3n) is 5.25. The van der Waals surface area contributed by atoms with E-state index >= 15 is 0 Å². The number of benzene rings is 3. The van der Waals surface area contributed by atoms with Crippen LogP contribution < -0.4 is 9.47 Å². The summed E-state index contributed by atoms with van der Waals surface area (Å²) >= 11 is 0. The first kappa shape index (κ1) is 20.0. The molecule has 1 aromatic heterocycles. The van der Waals surface area contributed by atoms with Crippen molar-refractivity contribution in [2.24, 2.45) is 0 Å². The lowest BCUT2D eigenvalue weighted by molar-refractivity contribution is 0.279. The van der Waals surface area contributed by atoms with Gasteiger partial charge in [0.25, 0.3) is 0 Å². The summed E-state index contributed by atoms with van der Waals surface area (Å²) in [6.45, 7) is 8.16. The Bertz CT molecular complexity index is 1130. The van der Waals surface area contributed by atoms with Gasteiger partial charge in [0.1, 0.15) is 23.9 Å². The maximum atomic E-state index is 6.15. The summed E-state index contributed by atoms with van der Waals surface area (Å²) in [5, 5.41) is 0. The highest BCUT2D eigenvalue weighted by Crippen LogP contribution is 2.22. The SMILES string of the molecule is Cc1ccc(OCCCn2c(COc3cc(C)ccc3C)nc3ccccc32)cc1. The van der Waals surface area contributed by atoms with Crippen LogP contribution in [0.2, 0.25) is 0 Å². The number of hydrogen-bond acceptors (Lipinski definition) is 3. The Morgan fingerprint density at radius 2 is 1.60 bits per heavy atom. The number of aryl methyl sites for hydroxylation is 4. The second kappa shape index (κ2) is 9.04. The fourth-order valence-electron chi connectivity index (χ4n) is 3.54. The molecular weight excluding hydrogens is 372 g/mol. The zero-order valence-corrected chi connectivity index (χ0v) is 17.9. The van der Waals surface area contributed by atoms with Crippen molar-refractivity contribution in [1.29, 1.82) is 0 Å². The Kier molecular flexibility index (Phi) is 6.03. The average Bonchev–Trinajstić information content (AvgIpc) is 3.10. The van der Waals surface area contributed by atoms with Gasteiger partial charge < -0.3 is 14.0 Å². The molecule has 0 N–H and O–H groups in total. The van der Waals surface area contributed by atoms with E-state index in [1.54, 1.807) is 0 Å². The fraction of sp³-hybridized carbons (Fsp3) is 0.269. The summed E-state index contributed by atoms with van der Waals surface area (Å²) in [6, 6.07) is 22.7. The lowest BCUT2D eigenvalue weighted by Crippen LogP contribution is -2.10. The van der Waals surface area contributed by atoms with Crippen LogP contribution in [0.1, 0.15) is 28.9 Å². The van der Waals surface area contributed by atoms with Crippen molar-refractivity contribution < 1.29 is 9.47 Å². The first-order chi connectivity index (χ1) is 14.6. The fourth-order valence-corrected chi connectivity index (χ4v) is 3.54. The highest BCUT2D eigenvalue weighted by molar-refractivity contribution is 5.75. The summed E-state index contributed by atoms with van der Waals surface area (Å²) in [7, 11) is 0. The zero-order chi connectivity index (χ0) is 20.9. The van der Waals surface area contributed by atoms with Crippen molar-refractivity contribution >= 4 is 11.0 Å². The van der Waals surface area contributed by atoms with E-state index in [1.165, 1.54) is 11.1 Å². The number of ether oxygens (including phenoxy) is 2. The third-order valence-corrected chi connectivity index (χ3v) is 5.25. The van der Waals surface area contributed by atoms with Crippen LogP contribution in [-0.2, 0) is 13.2 Å². The number of para-hydroxylation sites is 2. The predicted molar refractivity (Wildman–Crippen MR) is 121 cm³/mol. The second-order valence-electron chi connectivity index (χ2n) is 7.74. The molecular formula is C26H28N2O2. The normalized spacial score (nSPS) is 11.0. The minimum atomic E-state index is 0.442. The zero-order valence-electron chi connectivity index (χ0n) is 17.9. The smallest absolute Gasteiger partial charge is 0.148 e. The Morgan fingerprint density at radius 3 is 2.43 bits per heavy atom. The van der Waals surface area contributed by atoms with E-state index < -0.39 is 0 Å². The second-order valence-corrected chi connectivity index (χ2v) is 7.74. The van der Waals surface area contributed by atoms with E-state index in [0.717, 1.165) is 46.9 Å². The minimum absolute atomic E-state index is 0.442. The molecule has 4 rings (SSSR count). The van der Waals surface area contributed by atoms with E-state index in [2.05, 4.69) is 73.9 Å². The molecule has 1 heterocycles. The van der Waals surface area contributed by atoms with Crippen molar-refractivity contribution in [2.45, 2.75) is 40.3 Å². The maximum Gasteiger partial charge on any atom is 0.148 e. The predicted octanol–water partition coefficient (Wildman–Crippen LogP) is 6.01. The number of rotatable bonds is 8. The first-order valence-electron chi connectivity index (χ1n) is 10.4. The van der Waals surface area contributed by atoms with Crippen molar-refractivity contribution in [2.75, 3.05) is 6.61 Å². The Hall–Kier alpha value is -3.27. The number of hydrogen-bond donors (Lipinski definition) is 0. The summed E-state index contributed by atoms with van der Waals surface area (Å²) < 4.78 is 14.3.